The van der Waals surface area contributed by atoms with Crippen LogP contribution in [0.3, 0.4) is 0 Å². The van der Waals surface area contributed by atoms with Gasteiger partial charge >= 0.3 is 208 Å². The van der Waals surface area contributed by atoms with Crippen LogP contribution in [0, 0.1) is 0 Å². The Bertz CT molecular complexity index is 715. The van der Waals surface area contributed by atoms with Crippen LogP contribution in [0.4, 0.5) is 0 Å². The van der Waals surface area contributed by atoms with Gasteiger partial charge in [0.25, 0.3) is 0 Å². The minimum atomic E-state index is -1.21. The van der Waals surface area contributed by atoms with Crippen molar-refractivity contribution >= 4 is 16.1 Å². The average Bonchev–Trinajstić information content (AvgIpc) is 3.32. The van der Waals surface area contributed by atoms with Gasteiger partial charge in [0.1, 0.15) is 0 Å². The summed E-state index contributed by atoms with van der Waals surface area (Å²) in [6.45, 7) is 9.62. The van der Waals surface area contributed by atoms with E-state index in [2.05, 4.69) is 64.2 Å². The Balaban J connectivity index is 0.00000193. The van der Waals surface area contributed by atoms with Crippen LogP contribution in [0.15, 0.2) is 47.6 Å². The Morgan fingerprint density at radius 3 is 1.33 bits per heavy atom. The molecular weight excluding hydrogens is 555 g/mol. The summed E-state index contributed by atoms with van der Waals surface area (Å²) in [7, 11) is -2.43. The van der Waals surface area contributed by atoms with Gasteiger partial charge in [-0.1, -0.05) is 0 Å². The van der Waals surface area contributed by atoms with Gasteiger partial charge in [-0.15, -0.1) is 0 Å². The standard InChI is InChI=1S/2C14H23Si.2ClH.Zr/c2*1-3-5-9-15(10-6-11-15)14-8-7-13(4-2)12-14;;;/h2*7-8,12H,3-6,9-11H2,1-2H3;2*1H;/q;;;;+2/p-2. The predicted octanol–water partition coefficient (Wildman–Crippen LogP) is 3.59. The molecule has 0 aromatic rings. The van der Waals surface area contributed by atoms with Crippen molar-refractivity contribution in [1.82, 2.24) is 0 Å². The van der Waals surface area contributed by atoms with Gasteiger partial charge in [-0.25, -0.2) is 0 Å². The second-order valence-electron chi connectivity index (χ2n) is 11.2. The Hall–Kier alpha value is 0.857. The van der Waals surface area contributed by atoms with Crippen molar-refractivity contribution in [1.29, 1.82) is 0 Å². The maximum Gasteiger partial charge on any atom is -1.00 e. The molecule has 0 spiro atoms. The van der Waals surface area contributed by atoms with E-state index >= 15 is 0 Å². The Morgan fingerprint density at radius 1 is 0.697 bits per heavy atom. The molecule has 2 fully saturated rings. The number of hydrogen-bond donors (Lipinski definition) is 0. The van der Waals surface area contributed by atoms with Crippen LogP contribution in [0.2, 0.25) is 41.8 Å². The van der Waals surface area contributed by atoms with Crippen molar-refractivity contribution in [2.24, 2.45) is 0 Å². The van der Waals surface area contributed by atoms with Gasteiger partial charge < -0.3 is 24.8 Å². The second kappa shape index (κ2) is 12.4. The first-order valence-electron chi connectivity index (χ1n) is 13.6. The predicted molar refractivity (Wildman–Crippen MR) is 140 cm³/mol. The zero-order valence-electron chi connectivity index (χ0n) is 21.6. The summed E-state index contributed by atoms with van der Waals surface area (Å²) in [6.07, 6.45) is 28.2. The molecule has 0 aromatic carbocycles. The van der Waals surface area contributed by atoms with E-state index in [-0.39, 0.29) is 24.8 Å². The third-order valence-electron chi connectivity index (χ3n) is 9.57. The van der Waals surface area contributed by atoms with Gasteiger partial charge in [0.05, 0.1) is 0 Å². The zero-order valence-corrected chi connectivity index (χ0v) is 27.6. The number of rotatable bonds is 12. The number of halogens is 2. The number of hydrogen-bond acceptors (Lipinski definition) is 0. The largest absolute Gasteiger partial charge is 1.00 e. The molecule has 0 saturated carbocycles. The van der Waals surface area contributed by atoms with Gasteiger partial charge in [0.15, 0.2) is 0 Å². The first kappa shape index (κ1) is 30.1. The fourth-order valence-electron chi connectivity index (χ4n) is 7.10. The molecule has 0 amide bonds. The molecule has 33 heavy (non-hydrogen) atoms. The molecule has 0 aromatic heterocycles. The summed E-state index contributed by atoms with van der Waals surface area (Å²) in [5.74, 6) is 0. The van der Waals surface area contributed by atoms with E-state index < -0.39 is 39.4 Å². The number of unbranched alkanes of at least 4 members (excludes halogenated alkanes) is 2. The molecule has 0 N–H and O–H groups in total. The summed E-state index contributed by atoms with van der Waals surface area (Å²) < 4.78 is 1.22. The van der Waals surface area contributed by atoms with Crippen molar-refractivity contribution < 1.29 is 48.0 Å². The molecule has 184 valence electrons. The van der Waals surface area contributed by atoms with Crippen LogP contribution in [-0.4, -0.2) is 16.1 Å². The fraction of sp³-hybridized carbons (Fsp3) is 0.714. The van der Waals surface area contributed by atoms with Crippen LogP contribution < -0.4 is 24.8 Å². The molecule has 4 aliphatic rings. The van der Waals surface area contributed by atoms with E-state index in [1.807, 2.05) is 0 Å². The first-order chi connectivity index (χ1) is 15.0. The van der Waals surface area contributed by atoms with Gasteiger partial charge in [-0.05, 0) is 0 Å². The molecule has 0 nitrogen and oxygen atoms in total. The molecule has 5 heteroatoms. The summed E-state index contributed by atoms with van der Waals surface area (Å²) in [6, 6.07) is 9.79. The van der Waals surface area contributed by atoms with Gasteiger partial charge in [-0.2, -0.15) is 0 Å². The molecule has 2 aliphatic carbocycles. The van der Waals surface area contributed by atoms with Gasteiger partial charge in [0.2, 0.25) is 0 Å². The molecule has 2 unspecified atom stereocenters. The van der Waals surface area contributed by atoms with E-state index in [0.717, 1.165) is 0 Å². The van der Waals surface area contributed by atoms with Gasteiger partial charge in [0, 0.05) is 0 Å². The summed E-state index contributed by atoms with van der Waals surface area (Å²) in [5.41, 5.74) is 3.37. The third kappa shape index (κ3) is 5.30. The van der Waals surface area contributed by atoms with Crippen LogP contribution in [0.25, 0.3) is 0 Å². The molecule has 0 bridgehead atoms. The monoisotopic (exact) mass is 598 g/mol. The molecular formula is C28H46Cl2Si2Zr. The van der Waals surface area contributed by atoms with E-state index in [1.54, 1.807) is 47.4 Å². The fourth-order valence-corrected chi connectivity index (χ4v) is 33.8. The SMILES string of the molecule is CCCC[Si]1([C]2([Zr+2][C]3([Si]4(CCCC)CCC4)C=CC(CC)=C3)C=CC(CC)=C2)CCC1.[Cl-].[Cl-]. The summed E-state index contributed by atoms with van der Waals surface area (Å²) in [5, 5.41) is 0. The summed E-state index contributed by atoms with van der Waals surface area (Å²) in [4.78, 5) is 0. The molecule has 2 saturated heterocycles. The molecule has 4 rings (SSSR count). The Labute approximate surface area is 231 Å². The normalized spacial score (nSPS) is 30.3. The third-order valence-corrected chi connectivity index (χ3v) is 34.4. The van der Waals surface area contributed by atoms with Crippen LogP contribution in [-0.2, 0) is 23.2 Å². The van der Waals surface area contributed by atoms with Crippen LogP contribution in [0.1, 0.15) is 79.1 Å². The quantitative estimate of drug-likeness (QED) is 0.301. The number of allylic oxidation sites excluding steroid dienone is 8. The van der Waals surface area contributed by atoms with Crippen molar-refractivity contribution in [3.63, 3.8) is 0 Å². The smallest absolute Gasteiger partial charge is 1.00 e. The van der Waals surface area contributed by atoms with Crippen LogP contribution >= 0.6 is 0 Å². The molecule has 2 heterocycles. The van der Waals surface area contributed by atoms with E-state index in [0.29, 0.717) is 5.49 Å². The van der Waals surface area contributed by atoms with Crippen LogP contribution in [0.5, 0.6) is 0 Å². The minimum Gasteiger partial charge on any atom is -1.00 e. The summed E-state index contributed by atoms with van der Waals surface area (Å²) >= 11 is -0.715. The Kier molecular flexibility index (Phi) is 11.3. The molecule has 0 radical (unpaired) electrons. The van der Waals surface area contributed by atoms with Gasteiger partial charge in [-0.3, -0.25) is 0 Å². The van der Waals surface area contributed by atoms with E-state index in [9.17, 15) is 0 Å². The maximum atomic E-state index is 2.94. The van der Waals surface area contributed by atoms with Crippen molar-refractivity contribution in [3.05, 3.63) is 47.6 Å². The molecule has 2 aliphatic heterocycles. The maximum absolute atomic E-state index is 2.94. The molecule has 2 atom stereocenters. The Morgan fingerprint density at radius 2 is 1.09 bits per heavy atom. The minimum absolute atomic E-state index is 0. The van der Waals surface area contributed by atoms with E-state index in [4.69, 9.17) is 0 Å². The first-order valence-corrected chi connectivity index (χ1v) is 21.3. The zero-order chi connectivity index (χ0) is 22.0. The second-order valence-corrected chi connectivity index (χ2v) is 28.1. The van der Waals surface area contributed by atoms with Crippen molar-refractivity contribution in [2.75, 3.05) is 0 Å². The topological polar surface area (TPSA) is 0 Å². The van der Waals surface area contributed by atoms with Crippen molar-refractivity contribution in [2.45, 2.75) is 121 Å². The van der Waals surface area contributed by atoms with Crippen molar-refractivity contribution in [3.8, 4) is 0 Å². The van der Waals surface area contributed by atoms with E-state index in [1.165, 1.54) is 51.4 Å². The average molecular weight is 601 g/mol.